The molecule has 0 spiro atoms. The van der Waals surface area contributed by atoms with Crippen molar-refractivity contribution in [1.29, 1.82) is 0 Å². The van der Waals surface area contributed by atoms with E-state index in [1.807, 2.05) is 0 Å². The van der Waals surface area contributed by atoms with E-state index < -0.39 is 0 Å². The number of fused-ring (bicyclic) bond motifs is 3. The van der Waals surface area contributed by atoms with Gasteiger partial charge in [0, 0.05) is 33.5 Å². The number of hydrogen-bond acceptors (Lipinski definition) is 1. The van der Waals surface area contributed by atoms with E-state index in [2.05, 4.69) is 283 Å². The Labute approximate surface area is 410 Å². The van der Waals surface area contributed by atoms with Crippen LogP contribution in [0.4, 0.5) is 17.1 Å². The van der Waals surface area contributed by atoms with Crippen molar-refractivity contribution in [2.45, 2.75) is 73.6 Å². The average molecular weight is 897 g/mol. The van der Waals surface area contributed by atoms with Crippen LogP contribution in [0.15, 0.2) is 218 Å². The Morgan fingerprint density at radius 1 is 0.377 bits per heavy atom. The van der Waals surface area contributed by atoms with E-state index in [4.69, 9.17) is 0 Å². The first-order valence-electron chi connectivity index (χ1n) is 24.8. The van der Waals surface area contributed by atoms with Crippen LogP contribution in [0.3, 0.4) is 0 Å². The molecule has 0 bridgehead atoms. The van der Waals surface area contributed by atoms with E-state index in [9.17, 15) is 0 Å². The molecule has 1 aromatic heterocycles. The molecule has 0 N–H and O–H groups in total. The van der Waals surface area contributed by atoms with Gasteiger partial charge in [-0.25, -0.2) is 0 Å². The average Bonchev–Trinajstić information content (AvgIpc) is 3.69. The van der Waals surface area contributed by atoms with Crippen molar-refractivity contribution >= 4 is 38.9 Å². The van der Waals surface area contributed by atoms with Gasteiger partial charge in [0.05, 0.1) is 11.0 Å². The van der Waals surface area contributed by atoms with Gasteiger partial charge in [0.2, 0.25) is 0 Å². The Morgan fingerprint density at radius 3 is 1.17 bits per heavy atom. The molecule has 1 heterocycles. The zero-order chi connectivity index (χ0) is 47.9. The summed E-state index contributed by atoms with van der Waals surface area (Å²) in [5.41, 5.74) is 19.8. The smallest absolute Gasteiger partial charge is 0.0541 e. The molecule has 342 valence electrons. The van der Waals surface area contributed by atoms with Gasteiger partial charge in [0.1, 0.15) is 0 Å². The van der Waals surface area contributed by atoms with Crippen molar-refractivity contribution in [3.63, 3.8) is 0 Å². The highest BCUT2D eigenvalue weighted by molar-refractivity contribution is 6.11. The van der Waals surface area contributed by atoms with Crippen LogP contribution in [-0.4, -0.2) is 4.57 Å². The van der Waals surface area contributed by atoms with Gasteiger partial charge in [0.15, 0.2) is 0 Å². The molecule has 9 aromatic carbocycles. The molecule has 10 rings (SSSR count). The second-order valence-electron chi connectivity index (χ2n) is 21.6. The van der Waals surface area contributed by atoms with Gasteiger partial charge < -0.3 is 9.47 Å². The standard InChI is InChI=1S/C67H64N2/c1-46(2)47-27-35-60(36-28-47)69-64-41-33-55(52-21-19-49(20-22-52)50-23-25-54(26-24-50)63(67(6,7)8)45-66(3,4)5)43-61(64)62-44-56(34-42-65(62)69)53-31-39-59(40-32-53)68(57-17-13-10-14-18-57)58-37-29-51(30-38-58)48-15-11-9-12-16-48/h9-44,46,63H,45H2,1-8H3. The van der Waals surface area contributed by atoms with Crippen LogP contribution in [-0.2, 0) is 0 Å². The van der Waals surface area contributed by atoms with Crippen molar-refractivity contribution in [2.75, 3.05) is 4.90 Å². The quantitative estimate of drug-likeness (QED) is 0.126. The third-order valence-corrected chi connectivity index (χ3v) is 14.0. The molecule has 0 saturated carbocycles. The second-order valence-corrected chi connectivity index (χ2v) is 21.6. The molecule has 10 aromatic rings. The summed E-state index contributed by atoms with van der Waals surface area (Å²) in [6, 6.07) is 80.7. The fraction of sp³-hybridized carbons (Fsp3) is 0.194. The predicted molar refractivity (Wildman–Crippen MR) is 298 cm³/mol. The number of hydrogen-bond donors (Lipinski definition) is 0. The minimum Gasteiger partial charge on any atom is -0.311 e. The number of benzene rings is 9. The summed E-state index contributed by atoms with van der Waals surface area (Å²) < 4.78 is 2.44. The Hall–Kier alpha value is -7.42. The number of rotatable bonds is 11. The van der Waals surface area contributed by atoms with Gasteiger partial charge in [-0.05, 0) is 158 Å². The highest BCUT2D eigenvalue weighted by Crippen LogP contribution is 2.44. The van der Waals surface area contributed by atoms with E-state index in [-0.39, 0.29) is 10.8 Å². The minimum atomic E-state index is 0.193. The van der Waals surface area contributed by atoms with E-state index in [1.54, 1.807) is 0 Å². The summed E-state index contributed by atoms with van der Waals surface area (Å²) in [5.74, 6) is 0.968. The van der Waals surface area contributed by atoms with Crippen molar-refractivity contribution < 1.29 is 0 Å². The maximum Gasteiger partial charge on any atom is 0.0541 e. The maximum absolute atomic E-state index is 2.44. The third-order valence-electron chi connectivity index (χ3n) is 14.0. The maximum atomic E-state index is 2.44. The Bertz CT molecular complexity index is 3330. The Morgan fingerprint density at radius 2 is 0.739 bits per heavy atom. The summed E-state index contributed by atoms with van der Waals surface area (Å²) in [6.45, 7) is 18.7. The lowest BCUT2D eigenvalue weighted by Crippen LogP contribution is -2.23. The van der Waals surface area contributed by atoms with Gasteiger partial charge in [0.25, 0.3) is 0 Å². The Kier molecular flexibility index (Phi) is 12.2. The first-order chi connectivity index (χ1) is 33.3. The largest absolute Gasteiger partial charge is 0.311 e. The van der Waals surface area contributed by atoms with Crippen molar-refractivity contribution in [1.82, 2.24) is 4.57 Å². The molecular weight excluding hydrogens is 833 g/mol. The third kappa shape index (κ3) is 9.54. The van der Waals surface area contributed by atoms with Gasteiger partial charge >= 0.3 is 0 Å². The molecule has 0 aliphatic rings. The first-order valence-corrected chi connectivity index (χ1v) is 24.8. The van der Waals surface area contributed by atoms with Crippen LogP contribution in [0.5, 0.6) is 0 Å². The molecule has 0 fully saturated rings. The van der Waals surface area contributed by atoms with Gasteiger partial charge in [-0.3, -0.25) is 0 Å². The monoisotopic (exact) mass is 897 g/mol. The zero-order valence-electron chi connectivity index (χ0n) is 41.5. The number of nitrogens with zero attached hydrogens (tertiary/aromatic N) is 2. The van der Waals surface area contributed by atoms with E-state index in [1.165, 1.54) is 83.1 Å². The summed E-state index contributed by atoms with van der Waals surface area (Å²) in [6.07, 6.45) is 1.16. The van der Waals surface area contributed by atoms with Gasteiger partial charge in [-0.2, -0.15) is 0 Å². The molecule has 1 atom stereocenters. The van der Waals surface area contributed by atoms with Crippen LogP contribution in [0, 0.1) is 10.8 Å². The predicted octanol–water partition coefficient (Wildman–Crippen LogP) is 19.6. The van der Waals surface area contributed by atoms with Gasteiger partial charge in [-0.1, -0.05) is 201 Å². The molecule has 0 aliphatic heterocycles. The van der Waals surface area contributed by atoms with E-state index >= 15 is 0 Å². The minimum absolute atomic E-state index is 0.193. The van der Waals surface area contributed by atoms with Crippen LogP contribution in [0.25, 0.3) is 72.0 Å². The number of aromatic nitrogens is 1. The van der Waals surface area contributed by atoms with Crippen LogP contribution < -0.4 is 4.90 Å². The summed E-state index contributed by atoms with van der Waals surface area (Å²) in [7, 11) is 0. The molecule has 0 amide bonds. The molecule has 0 radical (unpaired) electrons. The van der Waals surface area contributed by atoms with Crippen LogP contribution in [0.1, 0.15) is 84.8 Å². The Balaban J connectivity index is 0.997. The fourth-order valence-electron chi connectivity index (χ4n) is 10.2. The molecule has 2 heteroatoms. The van der Waals surface area contributed by atoms with Gasteiger partial charge in [-0.15, -0.1) is 0 Å². The van der Waals surface area contributed by atoms with Crippen molar-refractivity contribution in [3.05, 3.63) is 230 Å². The van der Waals surface area contributed by atoms with Crippen LogP contribution >= 0.6 is 0 Å². The zero-order valence-corrected chi connectivity index (χ0v) is 41.5. The van der Waals surface area contributed by atoms with E-state index in [0.29, 0.717) is 11.8 Å². The molecule has 1 unspecified atom stereocenters. The first kappa shape index (κ1) is 45.4. The molecule has 69 heavy (non-hydrogen) atoms. The molecular formula is C67H64N2. The lowest BCUT2D eigenvalue weighted by molar-refractivity contribution is 0.229. The lowest BCUT2D eigenvalue weighted by atomic mass is 9.69. The second kappa shape index (κ2) is 18.6. The number of anilines is 3. The normalized spacial score (nSPS) is 12.5. The molecule has 0 aliphatic carbocycles. The summed E-state index contributed by atoms with van der Waals surface area (Å²) in [4.78, 5) is 2.33. The topological polar surface area (TPSA) is 8.17 Å². The highest BCUT2D eigenvalue weighted by atomic mass is 15.1. The van der Waals surface area contributed by atoms with Crippen molar-refractivity contribution in [3.8, 4) is 50.2 Å². The summed E-state index contributed by atoms with van der Waals surface area (Å²) >= 11 is 0. The van der Waals surface area contributed by atoms with Crippen LogP contribution in [0.2, 0.25) is 0 Å². The lowest BCUT2D eigenvalue weighted by Gasteiger charge is -2.36. The van der Waals surface area contributed by atoms with Crippen molar-refractivity contribution in [2.24, 2.45) is 10.8 Å². The highest BCUT2D eigenvalue weighted by Gasteiger charge is 2.30. The summed E-state index contributed by atoms with van der Waals surface area (Å²) in [5, 5.41) is 2.48. The molecule has 0 saturated heterocycles. The fourth-order valence-corrected chi connectivity index (χ4v) is 10.2. The van der Waals surface area contributed by atoms with E-state index in [0.717, 1.165) is 23.5 Å². The SMILES string of the molecule is CC(C)c1ccc(-n2c3ccc(-c4ccc(-c5ccc(C(CC(C)(C)C)C(C)(C)C)cc5)cc4)cc3c3cc(-c4ccc(N(c5ccccc5)c5ccc(-c6ccccc6)cc5)cc4)ccc32)cc1. The number of para-hydroxylation sites is 1. The molecule has 2 nitrogen and oxygen atoms in total.